The first-order chi connectivity index (χ1) is 14.8. The first-order valence-electron chi connectivity index (χ1n) is 10.7. The molecule has 0 bridgehead atoms. The first-order valence-corrected chi connectivity index (χ1v) is 10.7. The summed E-state index contributed by atoms with van der Waals surface area (Å²) in [5.74, 6) is 0.659. The van der Waals surface area contributed by atoms with Crippen molar-refractivity contribution in [2.24, 2.45) is 0 Å². The molecule has 7 heteroatoms. The van der Waals surface area contributed by atoms with Gasteiger partial charge in [0.15, 0.2) is 0 Å². The van der Waals surface area contributed by atoms with E-state index in [1.54, 1.807) is 17.0 Å². The van der Waals surface area contributed by atoms with Crippen LogP contribution < -0.4 is 15.0 Å². The van der Waals surface area contributed by atoms with Crippen LogP contribution in [0.25, 0.3) is 0 Å². The molecule has 2 aliphatic rings. The second kappa shape index (κ2) is 8.30. The van der Waals surface area contributed by atoms with Crippen molar-refractivity contribution in [1.29, 1.82) is 5.41 Å². The summed E-state index contributed by atoms with van der Waals surface area (Å²) in [6.45, 7) is 7.63. The molecule has 2 amide bonds. The SMILES string of the molecule is CC(C)Oc1cccc(CN2CC[C@@]3(C[C@@H]2C)C(=N)NC(=O)N3c2cccc(F)c2)c1. The zero-order chi connectivity index (χ0) is 22.2. The second-order valence-electron chi connectivity index (χ2n) is 8.74. The van der Waals surface area contributed by atoms with Crippen molar-refractivity contribution in [3.05, 3.63) is 59.9 Å². The minimum atomic E-state index is -0.774. The van der Waals surface area contributed by atoms with Gasteiger partial charge in [0, 0.05) is 24.8 Å². The standard InChI is InChI=1S/C24H29FN4O2/c1-16(2)31-21-9-4-6-18(12-21)15-28-11-10-24(14-17(28)3)22(26)27-23(30)29(24)20-8-5-7-19(25)13-20/h4-9,12-13,16-17H,10-11,14-15H2,1-3H3,(H2,26,27,30)/t17-,24+/m0/s1. The van der Waals surface area contributed by atoms with E-state index in [2.05, 4.69) is 29.3 Å². The largest absolute Gasteiger partial charge is 0.491 e. The van der Waals surface area contributed by atoms with E-state index in [4.69, 9.17) is 10.1 Å². The zero-order valence-corrected chi connectivity index (χ0v) is 18.2. The van der Waals surface area contributed by atoms with Crippen molar-refractivity contribution in [2.45, 2.75) is 57.8 Å². The van der Waals surface area contributed by atoms with Crippen LogP contribution in [0.3, 0.4) is 0 Å². The van der Waals surface area contributed by atoms with Gasteiger partial charge in [0.2, 0.25) is 0 Å². The van der Waals surface area contributed by atoms with Crippen molar-refractivity contribution in [3.8, 4) is 5.75 Å². The number of hydrogen-bond acceptors (Lipinski definition) is 4. The number of nitrogens with zero attached hydrogens (tertiary/aromatic N) is 2. The van der Waals surface area contributed by atoms with E-state index in [1.807, 2.05) is 26.0 Å². The Morgan fingerprint density at radius 3 is 2.74 bits per heavy atom. The molecule has 2 heterocycles. The van der Waals surface area contributed by atoms with Crippen LogP contribution in [0.2, 0.25) is 0 Å². The Labute approximate surface area is 182 Å². The number of carbonyl (C=O) groups excluding carboxylic acids is 1. The maximum Gasteiger partial charge on any atom is 0.328 e. The van der Waals surface area contributed by atoms with Gasteiger partial charge in [-0.1, -0.05) is 18.2 Å². The number of carbonyl (C=O) groups is 1. The average Bonchev–Trinajstić information content (AvgIpc) is 2.93. The number of rotatable bonds is 5. The number of benzene rings is 2. The second-order valence-corrected chi connectivity index (χ2v) is 8.74. The highest BCUT2D eigenvalue weighted by atomic mass is 19.1. The van der Waals surface area contributed by atoms with Gasteiger partial charge in [-0.05, 0) is 69.5 Å². The van der Waals surface area contributed by atoms with Crippen LogP contribution in [-0.4, -0.2) is 41.0 Å². The smallest absolute Gasteiger partial charge is 0.328 e. The molecule has 2 fully saturated rings. The van der Waals surface area contributed by atoms with Gasteiger partial charge in [0.25, 0.3) is 0 Å². The maximum absolute atomic E-state index is 13.9. The predicted molar refractivity (Wildman–Crippen MR) is 119 cm³/mol. The molecule has 1 spiro atoms. The molecule has 6 nitrogen and oxygen atoms in total. The quantitative estimate of drug-likeness (QED) is 0.740. The molecule has 0 unspecified atom stereocenters. The maximum atomic E-state index is 13.9. The fourth-order valence-corrected chi connectivity index (χ4v) is 4.72. The predicted octanol–water partition coefficient (Wildman–Crippen LogP) is 4.54. The zero-order valence-electron chi connectivity index (χ0n) is 18.2. The van der Waals surface area contributed by atoms with Crippen LogP contribution >= 0.6 is 0 Å². The van der Waals surface area contributed by atoms with E-state index in [-0.39, 0.29) is 24.0 Å². The fourth-order valence-electron chi connectivity index (χ4n) is 4.72. The summed E-state index contributed by atoms with van der Waals surface area (Å²) in [6.07, 6.45) is 1.33. The minimum absolute atomic E-state index is 0.122. The molecule has 0 radical (unpaired) electrons. The molecule has 2 aliphatic heterocycles. The van der Waals surface area contributed by atoms with Crippen LogP contribution in [0.4, 0.5) is 14.9 Å². The van der Waals surface area contributed by atoms with Crippen LogP contribution in [0.5, 0.6) is 5.75 Å². The highest BCUT2D eigenvalue weighted by Gasteiger charge is 2.53. The van der Waals surface area contributed by atoms with Crippen molar-refractivity contribution in [1.82, 2.24) is 10.2 Å². The van der Waals surface area contributed by atoms with E-state index in [0.29, 0.717) is 18.5 Å². The minimum Gasteiger partial charge on any atom is -0.491 e. The molecule has 2 atom stereocenters. The van der Waals surface area contributed by atoms with Crippen LogP contribution in [0.15, 0.2) is 48.5 Å². The van der Waals surface area contributed by atoms with Crippen molar-refractivity contribution >= 4 is 17.6 Å². The summed E-state index contributed by atoms with van der Waals surface area (Å²) in [5, 5.41) is 11.2. The van der Waals surface area contributed by atoms with Crippen molar-refractivity contribution in [3.63, 3.8) is 0 Å². The highest BCUT2D eigenvalue weighted by molar-refractivity contribution is 6.18. The average molecular weight is 425 g/mol. The molecule has 2 N–H and O–H groups in total. The number of amides is 2. The molecule has 4 rings (SSSR count). The molecule has 2 saturated heterocycles. The summed E-state index contributed by atoms with van der Waals surface area (Å²) < 4.78 is 19.7. The van der Waals surface area contributed by atoms with Crippen LogP contribution in [0, 0.1) is 11.2 Å². The van der Waals surface area contributed by atoms with Gasteiger partial charge in [0.05, 0.1) is 6.10 Å². The number of piperidine rings is 1. The Morgan fingerprint density at radius 2 is 2.03 bits per heavy atom. The lowest BCUT2D eigenvalue weighted by molar-refractivity contribution is 0.123. The molecular formula is C24H29FN4O2. The molecule has 31 heavy (non-hydrogen) atoms. The van der Waals surface area contributed by atoms with Gasteiger partial charge in [-0.3, -0.25) is 20.5 Å². The number of hydrogen-bond donors (Lipinski definition) is 2. The molecule has 0 aliphatic carbocycles. The van der Waals surface area contributed by atoms with E-state index in [0.717, 1.165) is 18.8 Å². The molecule has 2 aromatic rings. The number of amidine groups is 1. The lowest BCUT2D eigenvalue weighted by Crippen LogP contribution is -2.59. The van der Waals surface area contributed by atoms with E-state index in [9.17, 15) is 9.18 Å². The van der Waals surface area contributed by atoms with Gasteiger partial charge < -0.3 is 4.74 Å². The number of likely N-dealkylation sites (tertiary alicyclic amines) is 1. The highest BCUT2D eigenvalue weighted by Crippen LogP contribution is 2.40. The molecule has 0 saturated carbocycles. The number of ether oxygens (including phenoxy) is 1. The van der Waals surface area contributed by atoms with E-state index >= 15 is 0 Å². The summed E-state index contributed by atoms with van der Waals surface area (Å²) in [6, 6.07) is 13.9. The summed E-state index contributed by atoms with van der Waals surface area (Å²) in [7, 11) is 0. The van der Waals surface area contributed by atoms with Crippen LogP contribution in [-0.2, 0) is 6.54 Å². The first kappa shape index (κ1) is 21.3. The Bertz CT molecular complexity index is 995. The third-order valence-electron chi connectivity index (χ3n) is 6.12. The number of anilines is 1. The fraction of sp³-hybridized carbons (Fsp3) is 0.417. The van der Waals surface area contributed by atoms with Gasteiger partial charge in [0.1, 0.15) is 22.9 Å². The summed E-state index contributed by atoms with van der Waals surface area (Å²) >= 11 is 0. The Morgan fingerprint density at radius 1 is 1.26 bits per heavy atom. The normalized spacial score (nSPS) is 24.2. The monoisotopic (exact) mass is 424 g/mol. The lowest BCUT2D eigenvalue weighted by atomic mass is 9.81. The number of nitrogens with one attached hydrogen (secondary N) is 2. The van der Waals surface area contributed by atoms with Gasteiger partial charge in [-0.15, -0.1) is 0 Å². The number of urea groups is 1. The van der Waals surface area contributed by atoms with Crippen molar-refractivity contribution < 1.29 is 13.9 Å². The summed E-state index contributed by atoms with van der Waals surface area (Å²) in [5.41, 5.74) is 0.876. The molecule has 164 valence electrons. The van der Waals surface area contributed by atoms with Crippen molar-refractivity contribution in [2.75, 3.05) is 11.4 Å². The lowest BCUT2D eigenvalue weighted by Gasteiger charge is -2.46. The van der Waals surface area contributed by atoms with Crippen LogP contribution in [0.1, 0.15) is 39.2 Å². The topological polar surface area (TPSA) is 68.7 Å². The van der Waals surface area contributed by atoms with Gasteiger partial charge in [-0.25, -0.2) is 9.18 Å². The third kappa shape index (κ3) is 4.14. The molecular weight excluding hydrogens is 395 g/mol. The molecule has 0 aromatic heterocycles. The van der Waals surface area contributed by atoms with E-state index in [1.165, 1.54) is 17.7 Å². The van der Waals surface area contributed by atoms with Gasteiger partial charge in [-0.2, -0.15) is 0 Å². The molecule has 2 aromatic carbocycles. The van der Waals surface area contributed by atoms with Gasteiger partial charge >= 0.3 is 6.03 Å². The Kier molecular flexibility index (Phi) is 5.71. The Hall–Kier alpha value is -2.93. The third-order valence-corrected chi connectivity index (χ3v) is 6.12. The number of halogens is 1. The Balaban J connectivity index is 1.53. The van der Waals surface area contributed by atoms with E-state index < -0.39 is 11.4 Å². The summed E-state index contributed by atoms with van der Waals surface area (Å²) in [4.78, 5) is 16.6.